The Morgan fingerprint density at radius 2 is 1.83 bits per heavy atom. The maximum absolute atomic E-state index is 5.75. The smallest absolute Gasteiger partial charge is 0.257 e. The van der Waals surface area contributed by atoms with Gasteiger partial charge in [-0.1, -0.05) is 37.3 Å². The number of anilines is 1. The van der Waals surface area contributed by atoms with Gasteiger partial charge in [-0.15, -0.1) is 0 Å². The molecule has 0 spiro atoms. The molecular weight excluding hydrogens is 320 g/mol. The first-order chi connectivity index (χ1) is 11.7. The van der Waals surface area contributed by atoms with E-state index in [0.717, 1.165) is 30.8 Å². The second kappa shape index (κ2) is 9.78. The predicted octanol–water partition coefficient (Wildman–Crippen LogP) is 3.56. The fourth-order valence-corrected chi connectivity index (χ4v) is 2.37. The van der Waals surface area contributed by atoms with Gasteiger partial charge in [-0.2, -0.15) is 0 Å². The molecule has 0 aromatic heterocycles. The number of benzene rings is 2. The van der Waals surface area contributed by atoms with Gasteiger partial charge in [0.2, 0.25) is 0 Å². The first-order valence-corrected chi connectivity index (χ1v) is 8.55. The number of rotatable bonds is 8. The molecule has 3 N–H and O–H groups in total. The van der Waals surface area contributed by atoms with Crippen LogP contribution in [0.4, 0.5) is 5.69 Å². The molecule has 1 atom stereocenters. The van der Waals surface area contributed by atoms with Gasteiger partial charge in [0.15, 0.2) is 0 Å². The van der Waals surface area contributed by atoms with Crippen molar-refractivity contribution in [1.29, 1.82) is 0 Å². The molecule has 0 radical (unpaired) electrons. The summed E-state index contributed by atoms with van der Waals surface area (Å²) in [4.78, 5) is 0. The van der Waals surface area contributed by atoms with Crippen molar-refractivity contribution in [2.75, 3.05) is 18.9 Å². The summed E-state index contributed by atoms with van der Waals surface area (Å²) in [6.45, 7) is 3.24. The van der Waals surface area contributed by atoms with Crippen molar-refractivity contribution >= 4 is 23.1 Å². The molecule has 2 aromatic rings. The van der Waals surface area contributed by atoms with E-state index in [0.29, 0.717) is 11.8 Å². The van der Waals surface area contributed by atoms with Crippen molar-refractivity contribution in [1.82, 2.24) is 5.32 Å². The average molecular weight is 344 g/mol. The lowest BCUT2D eigenvalue weighted by atomic mass is 10.1. The van der Waals surface area contributed by atoms with E-state index in [1.807, 2.05) is 49.4 Å². The number of hydrogen-bond donors (Lipinski definition) is 2. The SMILES string of the molecule is CCC(COc1ccc(N)cc1)OC(=S)NCCc1ccccc1. The van der Waals surface area contributed by atoms with Crippen LogP contribution in [-0.4, -0.2) is 24.4 Å². The summed E-state index contributed by atoms with van der Waals surface area (Å²) in [7, 11) is 0. The van der Waals surface area contributed by atoms with Gasteiger partial charge in [0.05, 0.1) is 0 Å². The fourth-order valence-electron chi connectivity index (χ4n) is 2.14. The van der Waals surface area contributed by atoms with Crippen LogP contribution in [0.25, 0.3) is 0 Å². The van der Waals surface area contributed by atoms with Gasteiger partial charge in [0.25, 0.3) is 5.17 Å². The molecule has 0 aliphatic rings. The zero-order valence-electron chi connectivity index (χ0n) is 13.9. The minimum absolute atomic E-state index is 0.0840. The van der Waals surface area contributed by atoms with Crippen LogP contribution in [-0.2, 0) is 11.2 Å². The molecule has 24 heavy (non-hydrogen) atoms. The van der Waals surface area contributed by atoms with E-state index in [1.165, 1.54) is 5.56 Å². The Balaban J connectivity index is 1.69. The van der Waals surface area contributed by atoms with E-state index in [1.54, 1.807) is 0 Å². The normalized spacial score (nSPS) is 11.5. The van der Waals surface area contributed by atoms with Gasteiger partial charge >= 0.3 is 0 Å². The van der Waals surface area contributed by atoms with Crippen molar-refractivity contribution in [3.05, 3.63) is 60.2 Å². The minimum atomic E-state index is -0.0840. The summed E-state index contributed by atoms with van der Waals surface area (Å²) in [5, 5.41) is 3.55. The van der Waals surface area contributed by atoms with Crippen LogP contribution in [0.5, 0.6) is 5.75 Å². The summed E-state index contributed by atoms with van der Waals surface area (Å²) in [5.41, 5.74) is 7.64. The van der Waals surface area contributed by atoms with E-state index in [-0.39, 0.29) is 6.10 Å². The lowest BCUT2D eigenvalue weighted by molar-refractivity contribution is 0.114. The van der Waals surface area contributed by atoms with Gasteiger partial charge in [-0.25, -0.2) is 0 Å². The van der Waals surface area contributed by atoms with Crippen LogP contribution in [0.15, 0.2) is 54.6 Å². The first-order valence-electron chi connectivity index (χ1n) is 8.14. The third kappa shape index (κ3) is 6.46. The number of nitrogen functional groups attached to an aromatic ring is 1. The molecule has 0 fully saturated rings. The van der Waals surface area contributed by atoms with Gasteiger partial charge < -0.3 is 20.5 Å². The summed E-state index contributed by atoms with van der Waals surface area (Å²) < 4.78 is 11.5. The van der Waals surface area contributed by atoms with Crippen molar-refractivity contribution < 1.29 is 9.47 Å². The molecular formula is C19H24N2O2S. The second-order valence-corrected chi connectivity index (χ2v) is 5.85. The zero-order valence-corrected chi connectivity index (χ0v) is 14.7. The Kier molecular flexibility index (Phi) is 7.36. The Morgan fingerprint density at radius 1 is 1.12 bits per heavy atom. The summed E-state index contributed by atoms with van der Waals surface area (Å²) in [6.07, 6.45) is 1.64. The fraction of sp³-hybridized carbons (Fsp3) is 0.316. The van der Waals surface area contributed by atoms with Crippen LogP contribution >= 0.6 is 12.2 Å². The monoisotopic (exact) mass is 344 g/mol. The van der Waals surface area contributed by atoms with E-state index in [2.05, 4.69) is 17.4 Å². The zero-order chi connectivity index (χ0) is 17.2. The number of hydrogen-bond acceptors (Lipinski definition) is 4. The third-order valence-corrected chi connectivity index (χ3v) is 3.81. The molecule has 0 saturated carbocycles. The number of thiocarbonyl (C=S) groups is 1. The van der Waals surface area contributed by atoms with Crippen LogP contribution in [0.3, 0.4) is 0 Å². The topological polar surface area (TPSA) is 56.5 Å². The molecule has 0 aliphatic heterocycles. The summed E-state index contributed by atoms with van der Waals surface area (Å²) in [6, 6.07) is 17.6. The molecule has 2 aromatic carbocycles. The summed E-state index contributed by atoms with van der Waals surface area (Å²) in [5.74, 6) is 0.772. The molecule has 128 valence electrons. The van der Waals surface area contributed by atoms with Crippen LogP contribution in [0, 0.1) is 0 Å². The molecule has 2 rings (SSSR count). The summed E-state index contributed by atoms with van der Waals surface area (Å²) >= 11 is 5.25. The van der Waals surface area contributed by atoms with Crippen molar-refractivity contribution in [2.45, 2.75) is 25.9 Å². The highest BCUT2D eigenvalue weighted by atomic mass is 32.1. The second-order valence-electron chi connectivity index (χ2n) is 5.48. The maximum Gasteiger partial charge on any atom is 0.257 e. The van der Waals surface area contributed by atoms with E-state index >= 15 is 0 Å². The number of nitrogens with two attached hydrogens (primary N) is 1. The predicted molar refractivity (Wildman–Crippen MR) is 102 cm³/mol. The van der Waals surface area contributed by atoms with Gasteiger partial charge in [-0.05, 0) is 54.9 Å². The molecule has 0 aliphatic carbocycles. The first kappa shape index (κ1) is 18.1. The molecule has 0 bridgehead atoms. The van der Waals surface area contributed by atoms with E-state index in [9.17, 15) is 0 Å². The van der Waals surface area contributed by atoms with Crippen molar-refractivity contribution in [2.24, 2.45) is 0 Å². The van der Waals surface area contributed by atoms with Crippen LogP contribution in [0.1, 0.15) is 18.9 Å². The van der Waals surface area contributed by atoms with Gasteiger partial charge in [0.1, 0.15) is 18.5 Å². The largest absolute Gasteiger partial charge is 0.490 e. The molecule has 0 heterocycles. The van der Waals surface area contributed by atoms with E-state index in [4.69, 9.17) is 27.4 Å². The highest BCUT2D eigenvalue weighted by molar-refractivity contribution is 7.80. The highest BCUT2D eigenvalue weighted by Gasteiger charge is 2.11. The molecule has 1 unspecified atom stereocenters. The molecule has 5 heteroatoms. The quantitative estimate of drug-likeness (QED) is 0.566. The van der Waals surface area contributed by atoms with Crippen molar-refractivity contribution in [3.8, 4) is 5.75 Å². The molecule has 0 saturated heterocycles. The molecule has 4 nitrogen and oxygen atoms in total. The Bertz CT molecular complexity index is 617. The maximum atomic E-state index is 5.75. The van der Waals surface area contributed by atoms with Crippen LogP contribution in [0.2, 0.25) is 0 Å². The number of nitrogens with one attached hydrogen (secondary N) is 1. The van der Waals surface area contributed by atoms with Crippen molar-refractivity contribution in [3.63, 3.8) is 0 Å². The Hall–Kier alpha value is -2.27. The highest BCUT2D eigenvalue weighted by Crippen LogP contribution is 2.14. The van der Waals surface area contributed by atoms with E-state index < -0.39 is 0 Å². The average Bonchev–Trinajstić information content (AvgIpc) is 2.61. The standard InChI is InChI=1S/C19H24N2O2S/c1-2-17(14-22-18-10-8-16(20)9-11-18)23-19(24)21-13-12-15-6-4-3-5-7-15/h3-11,17H,2,12-14,20H2,1H3,(H,21,24). The third-order valence-electron chi connectivity index (χ3n) is 3.57. The molecule has 0 amide bonds. The number of ether oxygens (including phenoxy) is 2. The Morgan fingerprint density at radius 3 is 2.50 bits per heavy atom. The van der Waals surface area contributed by atoms with Gasteiger partial charge in [-0.3, -0.25) is 0 Å². The Labute approximate surface area is 149 Å². The lowest BCUT2D eigenvalue weighted by Gasteiger charge is -2.19. The van der Waals surface area contributed by atoms with Crippen LogP contribution < -0.4 is 15.8 Å². The minimum Gasteiger partial charge on any atom is -0.490 e. The lowest BCUT2D eigenvalue weighted by Crippen LogP contribution is -2.32. The van der Waals surface area contributed by atoms with Gasteiger partial charge in [0, 0.05) is 12.2 Å².